The second-order valence-electron chi connectivity index (χ2n) is 3.60. The molecule has 0 unspecified atom stereocenters. The van der Waals surface area contributed by atoms with Crippen LogP contribution in [-0.2, 0) is 11.3 Å². The maximum Gasteiger partial charge on any atom is 0.348 e. The smallest absolute Gasteiger partial charge is 0.348 e. The third kappa shape index (κ3) is 3.52. The van der Waals surface area contributed by atoms with E-state index >= 15 is 0 Å². The number of hydrogen-bond acceptors (Lipinski definition) is 5. The molecule has 2 aromatic rings. The van der Waals surface area contributed by atoms with E-state index in [2.05, 4.69) is 0 Å². The zero-order valence-electron chi connectivity index (χ0n) is 9.54. The zero-order valence-corrected chi connectivity index (χ0v) is 11.1. The number of carbonyl (C=O) groups excluding carboxylic acids is 1. The van der Waals surface area contributed by atoms with Crippen molar-refractivity contribution in [2.24, 2.45) is 0 Å². The molecule has 98 valence electrons. The highest BCUT2D eigenvalue weighted by molar-refractivity contribution is 7.17. The monoisotopic (exact) mass is 297 g/mol. The highest BCUT2D eigenvalue weighted by atomic mass is 35.5. The molecule has 0 N–H and O–H groups in total. The Labute approximate surface area is 117 Å². The molecule has 7 heteroatoms. The summed E-state index contributed by atoms with van der Waals surface area (Å²) in [6, 6.07) is 9.54. The van der Waals surface area contributed by atoms with Gasteiger partial charge in [0.05, 0.1) is 4.92 Å². The van der Waals surface area contributed by atoms with E-state index in [-0.39, 0.29) is 16.5 Å². The molecule has 1 aromatic carbocycles. The normalized spacial score (nSPS) is 10.2. The number of benzene rings is 1. The van der Waals surface area contributed by atoms with Gasteiger partial charge in [-0.25, -0.2) is 4.79 Å². The Hall–Kier alpha value is -1.92. The van der Waals surface area contributed by atoms with Crippen LogP contribution in [-0.4, -0.2) is 10.9 Å². The number of ether oxygens (including phenoxy) is 1. The van der Waals surface area contributed by atoms with Gasteiger partial charge in [0.2, 0.25) is 0 Å². The lowest BCUT2D eigenvalue weighted by Gasteiger charge is -2.03. The second kappa shape index (κ2) is 5.81. The van der Waals surface area contributed by atoms with Crippen molar-refractivity contribution >= 4 is 33.9 Å². The minimum atomic E-state index is -0.576. The van der Waals surface area contributed by atoms with Crippen molar-refractivity contribution in [1.29, 1.82) is 0 Å². The first-order valence-corrected chi connectivity index (χ1v) is 6.41. The molecule has 0 saturated heterocycles. The molecule has 0 fully saturated rings. The number of nitrogens with zero attached hydrogens (tertiary/aromatic N) is 1. The summed E-state index contributed by atoms with van der Waals surface area (Å²) in [7, 11) is 0. The van der Waals surface area contributed by atoms with Gasteiger partial charge in [0.15, 0.2) is 0 Å². The number of esters is 1. The van der Waals surface area contributed by atoms with E-state index < -0.39 is 10.9 Å². The molecule has 0 aliphatic rings. The van der Waals surface area contributed by atoms with Gasteiger partial charge in [-0.1, -0.05) is 35.1 Å². The molecule has 0 radical (unpaired) electrons. The van der Waals surface area contributed by atoms with Crippen LogP contribution in [0.15, 0.2) is 36.4 Å². The van der Waals surface area contributed by atoms with E-state index in [0.29, 0.717) is 5.02 Å². The van der Waals surface area contributed by atoms with Crippen LogP contribution in [0, 0.1) is 10.1 Å². The molecule has 5 nitrogen and oxygen atoms in total. The van der Waals surface area contributed by atoms with Gasteiger partial charge in [-0.2, -0.15) is 0 Å². The molecule has 0 saturated carbocycles. The molecule has 0 atom stereocenters. The average molecular weight is 298 g/mol. The predicted octanol–water partition coefficient (Wildman–Crippen LogP) is 3.67. The van der Waals surface area contributed by atoms with E-state index in [0.717, 1.165) is 16.9 Å². The van der Waals surface area contributed by atoms with Gasteiger partial charge in [0.1, 0.15) is 11.5 Å². The standard InChI is InChI=1S/C12H8ClNO4S/c13-9-3-1-8(2-4-9)7-18-12(15)10-5-6-11(19-10)14(16)17/h1-6H,7H2. The van der Waals surface area contributed by atoms with Gasteiger partial charge in [-0.05, 0) is 23.8 Å². The Balaban J connectivity index is 1.97. The van der Waals surface area contributed by atoms with E-state index in [4.69, 9.17) is 16.3 Å². The lowest BCUT2D eigenvalue weighted by Crippen LogP contribution is -2.02. The SMILES string of the molecule is O=C(OCc1ccc(Cl)cc1)c1ccc([N+](=O)[O-])s1. The van der Waals surface area contributed by atoms with Gasteiger partial charge in [-0.3, -0.25) is 10.1 Å². The minimum Gasteiger partial charge on any atom is -0.457 e. The van der Waals surface area contributed by atoms with Crippen LogP contribution in [0.1, 0.15) is 15.2 Å². The van der Waals surface area contributed by atoms with Crippen LogP contribution in [0.25, 0.3) is 0 Å². The molecule has 2 rings (SSSR count). The molecule has 19 heavy (non-hydrogen) atoms. The quantitative estimate of drug-likeness (QED) is 0.490. The molecule has 1 heterocycles. The maximum atomic E-state index is 11.7. The summed E-state index contributed by atoms with van der Waals surface area (Å²) in [5.41, 5.74) is 0.795. The molecular weight excluding hydrogens is 290 g/mol. The third-order valence-electron chi connectivity index (χ3n) is 2.26. The average Bonchev–Trinajstić information content (AvgIpc) is 2.87. The van der Waals surface area contributed by atoms with Gasteiger partial charge < -0.3 is 4.74 Å². The molecule has 0 spiro atoms. The number of nitro groups is 1. The number of halogens is 1. The molecule has 0 aliphatic heterocycles. The van der Waals surface area contributed by atoms with Gasteiger partial charge in [0.25, 0.3) is 0 Å². The fraction of sp³-hybridized carbons (Fsp3) is 0.0833. The first-order valence-electron chi connectivity index (χ1n) is 5.22. The fourth-order valence-electron chi connectivity index (χ4n) is 1.34. The van der Waals surface area contributed by atoms with Crippen molar-refractivity contribution in [2.75, 3.05) is 0 Å². The maximum absolute atomic E-state index is 11.7. The van der Waals surface area contributed by atoms with Crippen molar-refractivity contribution < 1.29 is 14.5 Å². The largest absolute Gasteiger partial charge is 0.457 e. The second-order valence-corrected chi connectivity index (χ2v) is 5.10. The van der Waals surface area contributed by atoms with Crippen molar-refractivity contribution in [3.8, 4) is 0 Å². The molecular formula is C12H8ClNO4S. The van der Waals surface area contributed by atoms with Gasteiger partial charge in [-0.15, -0.1) is 0 Å². The number of hydrogen-bond donors (Lipinski definition) is 0. The molecule has 0 amide bonds. The fourth-order valence-corrected chi connectivity index (χ4v) is 2.18. The summed E-state index contributed by atoms with van der Waals surface area (Å²) < 4.78 is 5.05. The minimum absolute atomic E-state index is 0.0848. The summed E-state index contributed by atoms with van der Waals surface area (Å²) in [6.45, 7) is 0.0989. The van der Waals surface area contributed by atoms with Crippen LogP contribution in [0.3, 0.4) is 0 Å². The summed E-state index contributed by atoms with van der Waals surface area (Å²) in [5.74, 6) is -0.576. The number of carbonyl (C=O) groups is 1. The zero-order chi connectivity index (χ0) is 13.8. The Kier molecular flexibility index (Phi) is 4.13. The van der Waals surface area contributed by atoms with Crippen LogP contribution in [0.5, 0.6) is 0 Å². The van der Waals surface area contributed by atoms with E-state index in [9.17, 15) is 14.9 Å². The van der Waals surface area contributed by atoms with Crippen LogP contribution in [0.2, 0.25) is 5.02 Å². The Morgan fingerprint density at radius 1 is 1.26 bits per heavy atom. The lowest BCUT2D eigenvalue weighted by atomic mass is 10.2. The highest BCUT2D eigenvalue weighted by Gasteiger charge is 2.16. The Morgan fingerprint density at radius 3 is 2.53 bits per heavy atom. The Morgan fingerprint density at radius 2 is 1.95 bits per heavy atom. The predicted molar refractivity (Wildman–Crippen MR) is 71.5 cm³/mol. The van der Waals surface area contributed by atoms with Crippen molar-refractivity contribution in [2.45, 2.75) is 6.61 Å². The van der Waals surface area contributed by atoms with Gasteiger partial charge >= 0.3 is 11.0 Å². The van der Waals surface area contributed by atoms with Crippen LogP contribution >= 0.6 is 22.9 Å². The highest BCUT2D eigenvalue weighted by Crippen LogP contribution is 2.24. The van der Waals surface area contributed by atoms with E-state index in [1.165, 1.54) is 12.1 Å². The first-order chi connectivity index (χ1) is 9.06. The van der Waals surface area contributed by atoms with E-state index in [1.54, 1.807) is 24.3 Å². The number of rotatable bonds is 4. The van der Waals surface area contributed by atoms with Crippen molar-refractivity contribution in [3.63, 3.8) is 0 Å². The summed E-state index contributed by atoms with van der Waals surface area (Å²) in [6.07, 6.45) is 0. The van der Waals surface area contributed by atoms with Crippen molar-refractivity contribution in [3.05, 3.63) is 62.0 Å². The van der Waals surface area contributed by atoms with E-state index in [1.807, 2.05) is 0 Å². The van der Waals surface area contributed by atoms with Crippen LogP contribution < -0.4 is 0 Å². The van der Waals surface area contributed by atoms with Gasteiger partial charge in [0, 0.05) is 11.1 Å². The van der Waals surface area contributed by atoms with Crippen molar-refractivity contribution in [1.82, 2.24) is 0 Å². The topological polar surface area (TPSA) is 69.4 Å². The number of thiophene rings is 1. The summed E-state index contributed by atoms with van der Waals surface area (Å²) >= 11 is 6.52. The lowest BCUT2D eigenvalue weighted by molar-refractivity contribution is -0.380. The molecule has 0 bridgehead atoms. The summed E-state index contributed by atoms with van der Waals surface area (Å²) in [5, 5.41) is 11.0. The molecule has 0 aliphatic carbocycles. The van der Waals surface area contributed by atoms with Crippen LogP contribution in [0.4, 0.5) is 5.00 Å². The third-order valence-corrected chi connectivity index (χ3v) is 3.53. The molecule has 1 aromatic heterocycles. The Bertz CT molecular complexity index is 608. The first kappa shape index (κ1) is 13.5. The summed E-state index contributed by atoms with van der Waals surface area (Å²) in [4.78, 5) is 21.8.